The van der Waals surface area contributed by atoms with Gasteiger partial charge < -0.3 is 20.1 Å². The van der Waals surface area contributed by atoms with Crippen molar-refractivity contribution in [2.75, 3.05) is 12.9 Å². The van der Waals surface area contributed by atoms with Gasteiger partial charge >= 0.3 is 0 Å². The third kappa shape index (κ3) is 1.98. The Labute approximate surface area is 118 Å². The summed E-state index contributed by atoms with van der Waals surface area (Å²) < 4.78 is 5.47. The summed E-state index contributed by atoms with van der Waals surface area (Å²) in [6.45, 7) is -0.369. The SMILES string of the molecule is CSc1ncnc2c(C3OC(CO)C(O)C3O)[nH]nc12. The molecule has 8 nitrogen and oxygen atoms in total. The summed E-state index contributed by atoms with van der Waals surface area (Å²) >= 11 is 1.43. The second-order valence-corrected chi connectivity index (χ2v) is 5.27. The number of aliphatic hydroxyl groups excluding tert-OH is 3. The Bertz CT molecular complexity index is 621. The number of aliphatic hydroxyl groups is 3. The van der Waals surface area contributed by atoms with Crippen LogP contribution in [0.3, 0.4) is 0 Å². The van der Waals surface area contributed by atoms with Gasteiger partial charge in [-0.25, -0.2) is 9.97 Å². The molecular formula is C11H14N4O4S. The van der Waals surface area contributed by atoms with Gasteiger partial charge in [0.2, 0.25) is 0 Å². The number of H-pyrrole nitrogens is 1. The number of aromatic nitrogens is 4. The topological polar surface area (TPSA) is 124 Å². The Kier molecular flexibility index (Phi) is 3.61. The van der Waals surface area contributed by atoms with E-state index in [1.807, 2.05) is 6.26 Å². The number of nitrogens with zero attached hydrogens (tertiary/aromatic N) is 3. The number of fused-ring (bicyclic) bond motifs is 1. The van der Waals surface area contributed by atoms with Crippen LogP contribution < -0.4 is 0 Å². The smallest absolute Gasteiger partial charge is 0.143 e. The number of ether oxygens (including phenoxy) is 1. The Morgan fingerprint density at radius 2 is 2.10 bits per heavy atom. The lowest BCUT2D eigenvalue weighted by molar-refractivity contribution is -0.0236. The standard InChI is InChI=1S/C11H14N4O4S/c1-20-11-7-5(12-3-13-11)6(14-15-7)10-9(18)8(17)4(2-16)19-10/h3-4,8-10,16-18H,2H2,1H3,(H,14,15). The Balaban J connectivity index is 2.03. The quantitative estimate of drug-likeness (QED) is 0.430. The van der Waals surface area contributed by atoms with Crippen LogP contribution in [0, 0.1) is 0 Å². The third-order valence-electron chi connectivity index (χ3n) is 3.35. The molecule has 3 rings (SSSR count). The van der Waals surface area contributed by atoms with Gasteiger partial charge in [-0.1, -0.05) is 0 Å². The van der Waals surface area contributed by atoms with Crippen LogP contribution in [-0.2, 0) is 4.74 Å². The van der Waals surface area contributed by atoms with Crippen LogP contribution in [0.4, 0.5) is 0 Å². The van der Waals surface area contributed by atoms with Crippen LogP contribution in [0.1, 0.15) is 11.8 Å². The minimum absolute atomic E-state index is 0.369. The summed E-state index contributed by atoms with van der Waals surface area (Å²) in [4.78, 5) is 8.26. The summed E-state index contributed by atoms with van der Waals surface area (Å²) in [5.41, 5.74) is 1.60. The molecule has 4 unspecified atom stereocenters. The monoisotopic (exact) mass is 298 g/mol. The molecule has 1 fully saturated rings. The molecule has 0 aromatic carbocycles. The predicted octanol–water partition coefficient (Wildman–Crippen LogP) is -0.771. The van der Waals surface area contributed by atoms with Crippen molar-refractivity contribution in [3.8, 4) is 0 Å². The summed E-state index contributed by atoms with van der Waals surface area (Å²) in [7, 11) is 0. The highest BCUT2D eigenvalue weighted by molar-refractivity contribution is 7.98. The van der Waals surface area contributed by atoms with Crippen molar-refractivity contribution in [1.29, 1.82) is 0 Å². The second kappa shape index (κ2) is 5.26. The Morgan fingerprint density at radius 1 is 1.30 bits per heavy atom. The van der Waals surface area contributed by atoms with Crippen LogP contribution in [0.2, 0.25) is 0 Å². The van der Waals surface area contributed by atoms with Gasteiger partial charge in [0.15, 0.2) is 0 Å². The maximum absolute atomic E-state index is 10.0. The molecule has 0 saturated carbocycles. The van der Waals surface area contributed by atoms with Gasteiger partial charge in [0.25, 0.3) is 0 Å². The van der Waals surface area contributed by atoms with Crippen molar-refractivity contribution in [1.82, 2.24) is 20.2 Å². The molecule has 1 aliphatic rings. The molecule has 4 atom stereocenters. The fourth-order valence-electron chi connectivity index (χ4n) is 2.32. The molecule has 3 heterocycles. The molecular weight excluding hydrogens is 284 g/mol. The minimum atomic E-state index is -1.15. The molecule has 2 aromatic rings. The molecule has 0 aliphatic carbocycles. The van der Waals surface area contributed by atoms with E-state index in [4.69, 9.17) is 9.84 Å². The first-order valence-electron chi connectivity index (χ1n) is 6.02. The number of thioether (sulfide) groups is 1. The minimum Gasteiger partial charge on any atom is -0.394 e. The van der Waals surface area contributed by atoms with E-state index in [2.05, 4.69) is 20.2 Å². The molecule has 1 aliphatic heterocycles. The van der Waals surface area contributed by atoms with E-state index < -0.39 is 24.4 Å². The Hall–Kier alpha value is -1.26. The predicted molar refractivity (Wildman–Crippen MR) is 70.2 cm³/mol. The largest absolute Gasteiger partial charge is 0.394 e. The molecule has 2 aromatic heterocycles. The van der Waals surface area contributed by atoms with Crippen molar-refractivity contribution >= 4 is 22.8 Å². The van der Waals surface area contributed by atoms with Gasteiger partial charge in [0.05, 0.1) is 12.3 Å². The van der Waals surface area contributed by atoms with Crippen LogP contribution >= 0.6 is 11.8 Å². The molecule has 108 valence electrons. The fraction of sp³-hybridized carbons (Fsp3) is 0.545. The van der Waals surface area contributed by atoms with Crippen molar-refractivity contribution < 1.29 is 20.1 Å². The van der Waals surface area contributed by atoms with Crippen molar-refractivity contribution in [2.45, 2.75) is 29.4 Å². The number of hydrogen-bond donors (Lipinski definition) is 4. The molecule has 0 amide bonds. The van der Waals surface area contributed by atoms with Crippen LogP contribution in [-0.4, -0.2) is 66.7 Å². The van der Waals surface area contributed by atoms with Crippen molar-refractivity contribution in [3.63, 3.8) is 0 Å². The average Bonchev–Trinajstić information content (AvgIpc) is 3.01. The van der Waals surface area contributed by atoms with Crippen LogP contribution in [0.25, 0.3) is 11.0 Å². The molecule has 1 saturated heterocycles. The summed E-state index contributed by atoms with van der Waals surface area (Å²) in [5, 5.41) is 36.6. The maximum atomic E-state index is 10.0. The molecule has 0 spiro atoms. The van der Waals surface area contributed by atoms with Gasteiger partial charge in [-0.05, 0) is 6.26 Å². The van der Waals surface area contributed by atoms with E-state index in [-0.39, 0.29) is 6.61 Å². The lowest BCUT2D eigenvalue weighted by Crippen LogP contribution is -2.32. The van der Waals surface area contributed by atoms with Gasteiger partial charge in [-0.15, -0.1) is 11.8 Å². The van der Waals surface area contributed by atoms with Crippen molar-refractivity contribution in [2.24, 2.45) is 0 Å². The average molecular weight is 298 g/mol. The van der Waals surface area contributed by atoms with Crippen molar-refractivity contribution in [3.05, 3.63) is 12.0 Å². The first-order valence-corrected chi connectivity index (χ1v) is 7.25. The zero-order valence-electron chi connectivity index (χ0n) is 10.6. The summed E-state index contributed by atoms with van der Waals surface area (Å²) in [6, 6.07) is 0. The normalized spacial score (nSPS) is 30.2. The fourth-order valence-corrected chi connectivity index (χ4v) is 2.80. The van der Waals surface area contributed by atoms with E-state index in [0.717, 1.165) is 0 Å². The third-order valence-corrected chi connectivity index (χ3v) is 4.04. The van der Waals surface area contributed by atoms with E-state index in [0.29, 0.717) is 21.8 Å². The molecule has 0 bridgehead atoms. The lowest BCUT2D eigenvalue weighted by Gasteiger charge is -2.12. The van der Waals surface area contributed by atoms with E-state index in [1.54, 1.807) is 0 Å². The molecule has 4 N–H and O–H groups in total. The first kappa shape index (κ1) is 13.7. The molecule has 20 heavy (non-hydrogen) atoms. The van der Waals surface area contributed by atoms with Gasteiger partial charge in [-0.3, -0.25) is 5.10 Å². The maximum Gasteiger partial charge on any atom is 0.143 e. The van der Waals surface area contributed by atoms with Crippen LogP contribution in [0.5, 0.6) is 0 Å². The number of hydrogen-bond acceptors (Lipinski definition) is 8. The number of nitrogens with one attached hydrogen (secondary N) is 1. The van der Waals surface area contributed by atoms with E-state index in [9.17, 15) is 10.2 Å². The first-order chi connectivity index (χ1) is 9.67. The van der Waals surface area contributed by atoms with Crippen LogP contribution in [0.15, 0.2) is 11.4 Å². The number of aromatic amines is 1. The highest BCUT2D eigenvalue weighted by Crippen LogP contribution is 2.36. The van der Waals surface area contributed by atoms with Gasteiger partial charge in [0.1, 0.15) is 46.8 Å². The van der Waals surface area contributed by atoms with E-state index >= 15 is 0 Å². The van der Waals surface area contributed by atoms with Gasteiger partial charge in [0, 0.05) is 0 Å². The highest BCUT2D eigenvalue weighted by atomic mass is 32.2. The zero-order chi connectivity index (χ0) is 14.3. The second-order valence-electron chi connectivity index (χ2n) is 4.48. The zero-order valence-corrected chi connectivity index (χ0v) is 11.4. The van der Waals surface area contributed by atoms with E-state index in [1.165, 1.54) is 18.1 Å². The molecule has 0 radical (unpaired) electrons. The number of rotatable bonds is 3. The lowest BCUT2D eigenvalue weighted by atomic mass is 10.1. The highest BCUT2D eigenvalue weighted by Gasteiger charge is 2.44. The Morgan fingerprint density at radius 3 is 2.75 bits per heavy atom. The summed E-state index contributed by atoms with van der Waals surface area (Å²) in [5.74, 6) is 0. The summed E-state index contributed by atoms with van der Waals surface area (Å²) in [6.07, 6.45) is -0.641. The van der Waals surface area contributed by atoms with Gasteiger partial charge in [-0.2, -0.15) is 5.10 Å². The molecule has 9 heteroatoms.